The van der Waals surface area contributed by atoms with E-state index in [2.05, 4.69) is 0 Å². The fourth-order valence-corrected chi connectivity index (χ4v) is 3.41. The van der Waals surface area contributed by atoms with Crippen molar-refractivity contribution >= 4 is 0 Å². The molecule has 0 radical (unpaired) electrons. The first kappa shape index (κ1) is 20.9. The summed E-state index contributed by atoms with van der Waals surface area (Å²) < 4.78 is 16.0. The van der Waals surface area contributed by atoms with Crippen LogP contribution in [0.3, 0.4) is 0 Å². The van der Waals surface area contributed by atoms with E-state index in [1.165, 1.54) is 7.11 Å². The normalized spacial score (nSPS) is 42.4. The lowest BCUT2D eigenvalue weighted by atomic mass is 10.00. The maximum atomic E-state index is 10.3. The molecule has 1 saturated carbocycles. The summed E-state index contributed by atoms with van der Waals surface area (Å²) in [6, 6.07) is 0. The molecule has 1 aliphatic carbocycles. The van der Waals surface area contributed by atoms with Crippen LogP contribution in [0.5, 0.6) is 0 Å². The van der Waals surface area contributed by atoms with Gasteiger partial charge in [0.1, 0.15) is 36.1 Å². The van der Waals surface area contributed by atoms with E-state index in [1.54, 1.807) is 6.92 Å². The standard InChI is InChI=1S/C15H28O10/c1-3-6(18)10(19)12(7(4-16)23-2)25-14-11(20)9-13(21)15(9,22)8(5-17)24-14/h6-14,16-22H,3-5H2,1-2H3/t6?,7?,8?,9?,10?,11?,12?,13?,14-,15-/m1/s1. The van der Waals surface area contributed by atoms with E-state index in [9.17, 15) is 35.7 Å². The Morgan fingerprint density at radius 2 is 1.84 bits per heavy atom. The Morgan fingerprint density at radius 1 is 1.20 bits per heavy atom. The number of aliphatic hydroxyl groups is 7. The predicted molar refractivity (Wildman–Crippen MR) is 81.3 cm³/mol. The second-order valence-electron chi connectivity index (χ2n) is 6.55. The summed E-state index contributed by atoms with van der Waals surface area (Å²) in [4.78, 5) is 0. The quantitative estimate of drug-likeness (QED) is 0.215. The molecule has 7 N–H and O–H groups in total. The third-order valence-electron chi connectivity index (χ3n) is 5.16. The largest absolute Gasteiger partial charge is 0.394 e. The SMILES string of the molecule is CCC(O)C(O)C(O[C@H]1OC(CO)[C@]2(O)C(O)C2C1O)C(CO)OC. The number of hydrogen-bond acceptors (Lipinski definition) is 10. The molecule has 0 amide bonds. The summed E-state index contributed by atoms with van der Waals surface area (Å²) in [7, 11) is 1.28. The third-order valence-corrected chi connectivity index (χ3v) is 5.16. The third kappa shape index (κ3) is 3.56. The molecule has 2 aliphatic rings. The molecule has 10 nitrogen and oxygen atoms in total. The van der Waals surface area contributed by atoms with Crippen molar-refractivity contribution in [3.05, 3.63) is 0 Å². The van der Waals surface area contributed by atoms with E-state index in [1.807, 2.05) is 0 Å². The summed E-state index contributed by atoms with van der Waals surface area (Å²) in [5.74, 6) is -0.979. The van der Waals surface area contributed by atoms with Crippen LogP contribution in [0.2, 0.25) is 0 Å². The monoisotopic (exact) mass is 368 g/mol. The van der Waals surface area contributed by atoms with Crippen molar-refractivity contribution < 1.29 is 50.0 Å². The van der Waals surface area contributed by atoms with Crippen LogP contribution in [0.25, 0.3) is 0 Å². The van der Waals surface area contributed by atoms with Crippen molar-refractivity contribution in [3.63, 3.8) is 0 Å². The van der Waals surface area contributed by atoms with E-state index in [0.717, 1.165) is 0 Å². The molecule has 1 aliphatic heterocycles. The number of fused-ring (bicyclic) bond motifs is 1. The molecule has 0 spiro atoms. The van der Waals surface area contributed by atoms with Crippen LogP contribution in [0.1, 0.15) is 13.3 Å². The fourth-order valence-electron chi connectivity index (χ4n) is 3.41. The van der Waals surface area contributed by atoms with E-state index < -0.39 is 73.8 Å². The van der Waals surface area contributed by atoms with Crippen LogP contribution < -0.4 is 0 Å². The molecule has 1 saturated heterocycles. The van der Waals surface area contributed by atoms with E-state index in [4.69, 9.17) is 14.2 Å². The van der Waals surface area contributed by atoms with Gasteiger partial charge in [-0.3, -0.25) is 0 Å². The molecule has 10 heteroatoms. The van der Waals surface area contributed by atoms with Crippen molar-refractivity contribution in [2.45, 2.75) is 68.0 Å². The zero-order valence-corrected chi connectivity index (χ0v) is 14.2. The molecule has 8 unspecified atom stereocenters. The van der Waals surface area contributed by atoms with Gasteiger partial charge in [-0.15, -0.1) is 0 Å². The summed E-state index contributed by atoms with van der Waals surface area (Å²) in [5, 5.41) is 69.3. The average Bonchev–Trinajstić information content (AvgIpc) is 3.18. The van der Waals surface area contributed by atoms with E-state index in [-0.39, 0.29) is 6.42 Å². The molecule has 2 rings (SSSR count). The smallest absolute Gasteiger partial charge is 0.185 e. The second kappa shape index (κ2) is 8.09. The summed E-state index contributed by atoms with van der Waals surface area (Å²) in [6.07, 6.45) is -10.0. The molecule has 1 heterocycles. The minimum atomic E-state index is -1.76. The van der Waals surface area contributed by atoms with Crippen LogP contribution in [-0.4, -0.2) is 111 Å². The minimum absolute atomic E-state index is 0.206. The van der Waals surface area contributed by atoms with Crippen LogP contribution in [0.4, 0.5) is 0 Å². The molecule has 10 atom stereocenters. The van der Waals surface area contributed by atoms with Crippen molar-refractivity contribution in [1.82, 2.24) is 0 Å². The van der Waals surface area contributed by atoms with Gasteiger partial charge in [0.15, 0.2) is 6.29 Å². The van der Waals surface area contributed by atoms with Gasteiger partial charge in [-0.1, -0.05) is 6.92 Å². The Bertz CT molecular complexity index is 429. The van der Waals surface area contributed by atoms with Gasteiger partial charge < -0.3 is 50.0 Å². The Labute approximate surface area is 145 Å². The molecule has 2 fully saturated rings. The highest BCUT2D eigenvalue weighted by Crippen LogP contribution is 2.54. The number of methoxy groups -OCH3 is 1. The van der Waals surface area contributed by atoms with Crippen LogP contribution in [0, 0.1) is 5.92 Å². The maximum Gasteiger partial charge on any atom is 0.185 e. The van der Waals surface area contributed by atoms with Crippen LogP contribution in [-0.2, 0) is 14.2 Å². The molecular formula is C15H28O10. The van der Waals surface area contributed by atoms with E-state index in [0.29, 0.717) is 0 Å². The van der Waals surface area contributed by atoms with Gasteiger partial charge in [0.2, 0.25) is 0 Å². The van der Waals surface area contributed by atoms with Gasteiger partial charge in [0, 0.05) is 7.11 Å². The van der Waals surface area contributed by atoms with Gasteiger partial charge in [-0.25, -0.2) is 0 Å². The summed E-state index contributed by atoms with van der Waals surface area (Å²) in [6.45, 7) is 0.492. The van der Waals surface area contributed by atoms with Crippen molar-refractivity contribution in [2.24, 2.45) is 5.92 Å². The molecule has 0 aromatic heterocycles. The summed E-state index contributed by atoms with van der Waals surface area (Å²) >= 11 is 0. The molecule has 0 bridgehead atoms. The van der Waals surface area contributed by atoms with Gasteiger partial charge in [-0.05, 0) is 6.42 Å². The molecule has 25 heavy (non-hydrogen) atoms. The van der Waals surface area contributed by atoms with Crippen molar-refractivity contribution in [2.75, 3.05) is 20.3 Å². The second-order valence-corrected chi connectivity index (χ2v) is 6.55. The van der Waals surface area contributed by atoms with Crippen LogP contribution >= 0.6 is 0 Å². The number of ether oxygens (including phenoxy) is 3. The highest BCUT2D eigenvalue weighted by molar-refractivity contribution is 5.22. The van der Waals surface area contributed by atoms with E-state index >= 15 is 0 Å². The predicted octanol–water partition coefficient (Wildman–Crippen LogP) is -3.69. The minimum Gasteiger partial charge on any atom is -0.394 e. The van der Waals surface area contributed by atoms with Crippen LogP contribution in [0.15, 0.2) is 0 Å². The van der Waals surface area contributed by atoms with Crippen molar-refractivity contribution in [3.8, 4) is 0 Å². The summed E-state index contributed by atoms with van der Waals surface area (Å²) in [5.41, 5.74) is -1.76. The zero-order chi connectivity index (χ0) is 18.9. The maximum absolute atomic E-state index is 10.3. The molecule has 0 aromatic carbocycles. The lowest BCUT2D eigenvalue weighted by Crippen LogP contribution is -2.56. The Hall–Kier alpha value is -0.400. The van der Waals surface area contributed by atoms with Gasteiger partial charge in [-0.2, -0.15) is 0 Å². The highest BCUT2D eigenvalue weighted by Gasteiger charge is 2.75. The average molecular weight is 368 g/mol. The molecule has 0 aromatic rings. The zero-order valence-electron chi connectivity index (χ0n) is 14.2. The van der Waals surface area contributed by atoms with Gasteiger partial charge in [0.25, 0.3) is 0 Å². The van der Waals surface area contributed by atoms with Gasteiger partial charge in [0.05, 0.1) is 31.3 Å². The fraction of sp³-hybridized carbons (Fsp3) is 1.00. The molecular weight excluding hydrogens is 340 g/mol. The Balaban J connectivity index is 2.17. The lowest BCUT2D eigenvalue weighted by Gasteiger charge is -2.39. The number of rotatable bonds is 9. The Kier molecular flexibility index (Phi) is 6.77. The highest BCUT2D eigenvalue weighted by atomic mass is 16.7. The van der Waals surface area contributed by atoms with Crippen molar-refractivity contribution in [1.29, 1.82) is 0 Å². The molecule has 148 valence electrons. The number of hydrogen-bond donors (Lipinski definition) is 7. The lowest BCUT2D eigenvalue weighted by molar-refractivity contribution is -0.308. The topological polar surface area (TPSA) is 169 Å². The first-order chi connectivity index (χ1) is 11.8. The van der Waals surface area contributed by atoms with Gasteiger partial charge >= 0.3 is 0 Å². The Morgan fingerprint density at radius 3 is 2.32 bits per heavy atom. The first-order valence-electron chi connectivity index (χ1n) is 8.27. The first-order valence-corrected chi connectivity index (χ1v) is 8.27. The number of aliphatic hydroxyl groups excluding tert-OH is 6.